The van der Waals surface area contributed by atoms with Crippen molar-refractivity contribution in [3.8, 4) is 0 Å². The molecule has 0 aliphatic carbocycles. The molecule has 2 N–H and O–H groups in total. The van der Waals surface area contributed by atoms with Crippen molar-refractivity contribution < 1.29 is 9.47 Å². The number of nitrogens with zero attached hydrogens (tertiary/aromatic N) is 2. The average molecular weight is 496 g/mol. The number of unbranched alkanes of at least 4 members (excludes halogenated alkanes) is 1. The number of nitrogens with one attached hydrogen (secondary N) is 2. The number of halogens is 1. The van der Waals surface area contributed by atoms with Crippen LogP contribution in [-0.4, -0.2) is 76.6 Å². The number of hydrogen-bond donors (Lipinski definition) is 2. The largest absolute Gasteiger partial charge is 0.379 e. The van der Waals surface area contributed by atoms with Gasteiger partial charge in [0.15, 0.2) is 5.96 Å². The Morgan fingerprint density at radius 1 is 1.11 bits per heavy atom. The lowest BCUT2D eigenvalue weighted by molar-refractivity contribution is -0.0835. The first-order valence-corrected chi connectivity index (χ1v) is 10.4. The molecule has 0 spiro atoms. The Hall–Kier alpha value is -0.120. The Morgan fingerprint density at radius 3 is 2.52 bits per heavy atom. The summed E-state index contributed by atoms with van der Waals surface area (Å²) in [5.41, 5.74) is 0.184. The van der Waals surface area contributed by atoms with Crippen LogP contribution in [0, 0.1) is 11.3 Å². The first-order valence-electron chi connectivity index (χ1n) is 10.4. The van der Waals surface area contributed by atoms with E-state index in [0.29, 0.717) is 12.0 Å². The Labute approximate surface area is 183 Å². The molecular formula is C20H41IN4O2. The molecule has 2 atom stereocenters. The van der Waals surface area contributed by atoms with E-state index in [1.807, 2.05) is 7.05 Å². The van der Waals surface area contributed by atoms with Gasteiger partial charge in [0.05, 0.1) is 19.3 Å². The lowest BCUT2D eigenvalue weighted by Gasteiger charge is -2.40. The average Bonchev–Trinajstić information content (AvgIpc) is 2.64. The summed E-state index contributed by atoms with van der Waals surface area (Å²) in [6, 6.07) is 0. The highest BCUT2D eigenvalue weighted by molar-refractivity contribution is 14.0. The second kappa shape index (κ2) is 13.2. The molecule has 0 aromatic carbocycles. The van der Waals surface area contributed by atoms with Gasteiger partial charge in [0.1, 0.15) is 0 Å². The highest BCUT2D eigenvalue weighted by atomic mass is 127. The second-order valence-electron chi connectivity index (χ2n) is 8.60. The van der Waals surface area contributed by atoms with Crippen LogP contribution >= 0.6 is 24.0 Å². The molecule has 0 radical (unpaired) electrons. The Morgan fingerprint density at radius 2 is 1.85 bits per heavy atom. The fraction of sp³-hybridized carbons (Fsp3) is 0.950. The van der Waals surface area contributed by atoms with Gasteiger partial charge in [-0.2, -0.15) is 0 Å². The van der Waals surface area contributed by atoms with Gasteiger partial charge in [0, 0.05) is 45.8 Å². The van der Waals surface area contributed by atoms with E-state index < -0.39 is 0 Å². The molecule has 7 heteroatoms. The molecule has 0 aromatic rings. The standard InChI is InChI=1S/C20H40N4O2.HI/c1-20(2,3)18-17(8-7-13-26-18)16-23-19(21-4)22-9-5-6-10-24-11-14-25-15-12-24;/h17-18H,5-16H2,1-4H3,(H2,21,22,23);1H. The van der Waals surface area contributed by atoms with Gasteiger partial charge in [0.25, 0.3) is 0 Å². The fourth-order valence-electron chi connectivity index (χ4n) is 3.95. The third-order valence-electron chi connectivity index (χ3n) is 5.35. The lowest BCUT2D eigenvalue weighted by Crippen LogP contribution is -2.47. The summed E-state index contributed by atoms with van der Waals surface area (Å²) in [6.07, 6.45) is 5.08. The summed E-state index contributed by atoms with van der Waals surface area (Å²) in [5.74, 6) is 1.46. The molecule has 2 unspecified atom stereocenters. The molecule has 0 saturated carbocycles. The van der Waals surface area contributed by atoms with Gasteiger partial charge in [-0.3, -0.25) is 9.89 Å². The topological polar surface area (TPSA) is 58.1 Å². The Bertz CT molecular complexity index is 423. The van der Waals surface area contributed by atoms with Crippen molar-refractivity contribution in [2.45, 2.75) is 52.6 Å². The lowest BCUT2D eigenvalue weighted by atomic mass is 9.78. The van der Waals surface area contributed by atoms with Crippen LogP contribution in [-0.2, 0) is 9.47 Å². The van der Waals surface area contributed by atoms with E-state index in [4.69, 9.17) is 9.47 Å². The van der Waals surface area contributed by atoms with Gasteiger partial charge in [-0.1, -0.05) is 20.8 Å². The first-order chi connectivity index (χ1) is 12.5. The summed E-state index contributed by atoms with van der Waals surface area (Å²) in [6.45, 7) is 14.7. The predicted octanol–water partition coefficient (Wildman–Crippen LogP) is 2.72. The monoisotopic (exact) mass is 496 g/mol. The molecule has 0 aromatic heterocycles. The molecular weight excluding hydrogens is 455 g/mol. The number of rotatable bonds is 7. The quantitative estimate of drug-likeness (QED) is 0.246. The van der Waals surface area contributed by atoms with Crippen molar-refractivity contribution >= 4 is 29.9 Å². The Kier molecular flexibility index (Phi) is 12.2. The van der Waals surface area contributed by atoms with Crippen molar-refractivity contribution in [3.05, 3.63) is 0 Å². The zero-order valence-corrected chi connectivity index (χ0v) is 20.1. The van der Waals surface area contributed by atoms with Crippen LogP contribution in [0.1, 0.15) is 46.5 Å². The van der Waals surface area contributed by atoms with Crippen LogP contribution in [0.4, 0.5) is 0 Å². The summed E-state index contributed by atoms with van der Waals surface area (Å²) >= 11 is 0. The first kappa shape index (κ1) is 24.9. The van der Waals surface area contributed by atoms with Crippen LogP contribution in [0.25, 0.3) is 0 Å². The smallest absolute Gasteiger partial charge is 0.190 e. The van der Waals surface area contributed by atoms with E-state index in [-0.39, 0.29) is 29.4 Å². The van der Waals surface area contributed by atoms with E-state index >= 15 is 0 Å². The van der Waals surface area contributed by atoms with Crippen molar-refractivity contribution in [3.63, 3.8) is 0 Å². The van der Waals surface area contributed by atoms with Crippen LogP contribution in [0.15, 0.2) is 4.99 Å². The van der Waals surface area contributed by atoms with Crippen molar-refractivity contribution in [2.24, 2.45) is 16.3 Å². The van der Waals surface area contributed by atoms with Crippen LogP contribution in [0.3, 0.4) is 0 Å². The molecule has 2 aliphatic heterocycles. The number of hydrogen-bond acceptors (Lipinski definition) is 4. The number of aliphatic imine (C=N–C) groups is 1. The van der Waals surface area contributed by atoms with E-state index in [2.05, 4.69) is 41.3 Å². The maximum Gasteiger partial charge on any atom is 0.190 e. The minimum Gasteiger partial charge on any atom is -0.379 e. The molecule has 160 valence electrons. The third-order valence-corrected chi connectivity index (χ3v) is 5.35. The summed E-state index contributed by atoms with van der Waals surface area (Å²) in [4.78, 5) is 6.87. The second-order valence-corrected chi connectivity index (χ2v) is 8.60. The van der Waals surface area contributed by atoms with E-state index in [0.717, 1.165) is 64.8 Å². The van der Waals surface area contributed by atoms with Gasteiger partial charge in [-0.25, -0.2) is 0 Å². The van der Waals surface area contributed by atoms with Gasteiger partial charge in [0.2, 0.25) is 0 Å². The Balaban J connectivity index is 0.00000364. The SMILES string of the molecule is CN=C(NCCCCN1CCOCC1)NCC1CCCOC1C(C)(C)C.I. The minimum absolute atomic E-state index is 0. The van der Waals surface area contributed by atoms with Crippen molar-refractivity contribution in [1.29, 1.82) is 0 Å². The highest BCUT2D eigenvalue weighted by Gasteiger charge is 2.35. The van der Waals surface area contributed by atoms with E-state index in [1.54, 1.807) is 0 Å². The molecule has 2 aliphatic rings. The van der Waals surface area contributed by atoms with Gasteiger partial charge in [-0.05, 0) is 37.6 Å². The normalized spacial score (nSPS) is 25.0. The molecule has 27 heavy (non-hydrogen) atoms. The number of guanidine groups is 1. The third kappa shape index (κ3) is 9.28. The molecule has 6 nitrogen and oxygen atoms in total. The maximum absolute atomic E-state index is 6.08. The van der Waals surface area contributed by atoms with E-state index in [9.17, 15) is 0 Å². The van der Waals surface area contributed by atoms with Crippen LogP contribution < -0.4 is 10.6 Å². The summed E-state index contributed by atoms with van der Waals surface area (Å²) < 4.78 is 11.5. The van der Waals surface area contributed by atoms with Crippen LogP contribution in [0.5, 0.6) is 0 Å². The summed E-state index contributed by atoms with van der Waals surface area (Å²) in [7, 11) is 1.85. The number of morpholine rings is 1. The fourth-order valence-corrected chi connectivity index (χ4v) is 3.95. The van der Waals surface area contributed by atoms with Gasteiger partial charge < -0.3 is 20.1 Å². The molecule has 0 bridgehead atoms. The molecule has 0 amide bonds. The molecule has 2 heterocycles. The summed E-state index contributed by atoms with van der Waals surface area (Å²) in [5, 5.41) is 6.97. The highest BCUT2D eigenvalue weighted by Crippen LogP contribution is 2.33. The van der Waals surface area contributed by atoms with Gasteiger partial charge in [-0.15, -0.1) is 24.0 Å². The van der Waals surface area contributed by atoms with E-state index in [1.165, 1.54) is 19.4 Å². The predicted molar refractivity (Wildman–Crippen MR) is 123 cm³/mol. The van der Waals surface area contributed by atoms with Crippen LogP contribution in [0.2, 0.25) is 0 Å². The molecule has 2 fully saturated rings. The molecule has 2 saturated heterocycles. The van der Waals surface area contributed by atoms with Crippen molar-refractivity contribution in [2.75, 3.05) is 59.6 Å². The zero-order chi connectivity index (χ0) is 18.8. The maximum atomic E-state index is 6.08. The molecule has 2 rings (SSSR count). The number of ether oxygens (including phenoxy) is 2. The van der Waals surface area contributed by atoms with Gasteiger partial charge >= 0.3 is 0 Å². The van der Waals surface area contributed by atoms with Crippen molar-refractivity contribution in [1.82, 2.24) is 15.5 Å². The zero-order valence-electron chi connectivity index (χ0n) is 17.8. The minimum atomic E-state index is 0.